The van der Waals surface area contributed by atoms with Crippen molar-refractivity contribution in [1.29, 1.82) is 0 Å². The summed E-state index contributed by atoms with van der Waals surface area (Å²) in [5.41, 5.74) is 2.40. The third-order valence-corrected chi connectivity index (χ3v) is 11.3. The molecule has 14 heteroatoms. The lowest BCUT2D eigenvalue weighted by molar-refractivity contribution is -0.156. The summed E-state index contributed by atoms with van der Waals surface area (Å²) in [6.07, 6.45) is 7.77. The van der Waals surface area contributed by atoms with Crippen LogP contribution in [-0.4, -0.2) is 90.5 Å². The second-order valence-corrected chi connectivity index (χ2v) is 13.9. The number of carboxylic acids is 2. The van der Waals surface area contributed by atoms with Crippen LogP contribution in [0, 0.1) is 41.4 Å². The van der Waals surface area contributed by atoms with E-state index in [1.165, 1.54) is 14.2 Å². The first-order chi connectivity index (χ1) is 22.6. The van der Waals surface area contributed by atoms with Gasteiger partial charge in [0.15, 0.2) is 0 Å². The van der Waals surface area contributed by atoms with Gasteiger partial charge in [-0.3, -0.25) is 24.0 Å². The van der Waals surface area contributed by atoms with Crippen LogP contribution >= 0.6 is 0 Å². The summed E-state index contributed by atoms with van der Waals surface area (Å²) >= 11 is 0. The number of aliphatic carboxylic acids is 2. The quantitative estimate of drug-likeness (QED) is 0.109. The zero-order chi connectivity index (χ0) is 34.1. The van der Waals surface area contributed by atoms with Crippen LogP contribution in [0.5, 0.6) is 0 Å². The number of esters is 2. The van der Waals surface area contributed by atoms with Crippen molar-refractivity contribution in [2.24, 2.45) is 41.4 Å². The van der Waals surface area contributed by atoms with Gasteiger partial charge in [-0.15, -0.1) is 0 Å². The molecule has 14 nitrogen and oxygen atoms in total. The highest BCUT2D eigenvalue weighted by Crippen LogP contribution is 2.42. The van der Waals surface area contributed by atoms with E-state index in [1.807, 2.05) is 0 Å². The number of carbonyl (C=O) groups is 5. The Hall–Kier alpha value is -2.81. The molecule has 7 unspecified atom stereocenters. The molecule has 0 aliphatic heterocycles. The van der Waals surface area contributed by atoms with Gasteiger partial charge in [-0.2, -0.15) is 0 Å². The Morgan fingerprint density at radius 2 is 1.17 bits per heavy atom. The van der Waals surface area contributed by atoms with Crippen LogP contribution in [0.3, 0.4) is 0 Å². The third-order valence-electron chi connectivity index (χ3n) is 11.3. The lowest BCUT2D eigenvalue weighted by atomic mass is 9.66. The number of amides is 1. The van der Waals surface area contributed by atoms with Crippen LogP contribution < -0.4 is 10.8 Å². The van der Waals surface area contributed by atoms with E-state index in [2.05, 4.69) is 10.8 Å². The highest BCUT2D eigenvalue weighted by Gasteiger charge is 2.45. The smallest absolute Gasteiger partial charge is 0.308 e. The van der Waals surface area contributed by atoms with E-state index in [0.29, 0.717) is 38.5 Å². The summed E-state index contributed by atoms with van der Waals surface area (Å²) < 4.78 is 21.8. The van der Waals surface area contributed by atoms with E-state index in [-0.39, 0.29) is 67.5 Å². The summed E-state index contributed by atoms with van der Waals surface area (Å²) in [5.74, 6) is -6.42. The van der Waals surface area contributed by atoms with Crippen molar-refractivity contribution < 1.29 is 58.3 Å². The zero-order valence-corrected chi connectivity index (χ0v) is 27.5. The number of carbonyl (C=O) groups excluding carboxylic acids is 3. The number of nitrogens with one attached hydrogen (secondary N) is 2. The lowest BCUT2D eigenvalue weighted by Gasteiger charge is -2.42. The molecule has 4 rings (SSSR count). The van der Waals surface area contributed by atoms with E-state index in [1.54, 1.807) is 0 Å². The van der Waals surface area contributed by atoms with Crippen LogP contribution in [0.15, 0.2) is 0 Å². The second kappa shape index (κ2) is 17.5. The number of carboxylic acid groups (broad SMARTS) is 2. The zero-order valence-electron chi connectivity index (χ0n) is 27.5. The maximum Gasteiger partial charge on any atom is 0.308 e. The molecule has 4 aliphatic carbocycles. The first-order valence-corrected chi connectivity index (χ1v) is 17.1. The van der Waals surface area contributed by atoms with Gasteiger partial charge >= 0.3 is 23.9 Å². The van der Waals surface area contributed by atoms with Gasteiger partial charge in [0.1, 0.15) is 6.79 Å². The number of rotatable bonds is 13. The molecule has 4 saturated carbocycles. The topological polar surface area (TPSA) is 207 Å². The van der Waals surface area contributed by atoms with Crippen molar-refractivity contribution in [3.8, 4) is 0 Å². The SMILES string of the molecule is COC(=O)C1CCC(C(=O)O)C(C(=O)NC2CCC(OCOC3CCC(C(NO)C4CC(C(=O)OC)CCC4C(=O)O)CC3)CC2)C1. The molecule has 0 aromatic carbocycles. The fourth-order valence-electron chi connectivity index (χ4n) is 8.51. The molecule has 0 heterocycles. The van der Waals surface area contributed by atoms with E-state index >= 15 is 0 Å². The first-order valence-electron chi connectivity index (χ1n) is 17.1. The summed E-state index contributed by atoms with van der Waals surface area (Å²) in [4.78, 5) is 61.1. The Balaban J connectivity index is 1.17. The van der Waals surface area contributed by atoms with Gasteiger partial charge in [0, 0.05) is 12.1 Å². The minimum absolute atomic E-state index is 0.0165. The number of ether oxygens (including phenoxy) is 4. The molecule has 5 N–H and O–H groups in total. The van der Waals surface area contributed by atoms with E-state index in [0.717, 1.165) is 38.5 Å². The molecule has 1 amide bonds. The fraction of sp³-hybridized carbons (Fsp3) is 0.848. The Kier molecular flexibility index (Phi) is 13.8. The summed E-state index contributed by atoms with van der Waals surface area (Å²) in [7, 11) is 2.63. The van der Waals surface area contributed by atoms with Gasteiger partial charge in [0.05, 0.1) is 56.0 Å². The molecular formula is C33H52N2O12. The van der Waals surface area contributed by atoms with Gasteiger partial charge in [-0.05, 0) is 102 Å². The van der Waals surface area contributed by atoms with Crippen molar-refractivity contribution in [3.63, 3.8) is 0 Å². The molecule has 0 saturated heterocycles. The minimum Gasteiger partial charge on any atom is -0.481 e. The molecule has 0 spiro atoms. The molecule has 0 radical (unpaired) electrons. The summed E-state index contributed by atoms with van der Waals surface area (Å²) in [6, 6.07) is -0.536. The molecular weight excluding hydrogens is 616 g/mol. The van der Waals surface area contributed by atoms with Crippen molar-refractivity contribution in [2.45, 2.75) is 114 Å². The van der Waals surface area contributed by atoms with Gasteiger partial charge in [-0.25, -0.2) is 5.48 Å². The second-order valence-electron chi connectivity index (χ2n) is 13.9. The summed E-state index contributed by atoms with van der Waals surface area (Å²) in [6.45, 7) is 0.139. The molecule has 7 atom stereocenters. The molecule has 0 bridgehead atoms. The van der Waals surface area contributed by atoms with Crippen LogP contribution in [0.4, 0.5) is 0 Å². The standard InChI is InChI=1S/C33H52N2O12/c1-44-32(41)19-5-13-24(30(37)38)26(15-19)28(35-43)18-3-9-22(10-4-18)46-17-47-23-11-7-21(8-12-23)34-29(36)27-16-20(33(42)45-2)6-14-25(27)31(39)40/h18-28,35,43H,3-17H2,1-2H3,(H,34,36)(H,37,38)(H,39,40). The van der Waals surface area contributed by atoms with Gasteiger partial charge in [0.25, 0.3) is 0 Å². The normalized spacial score (nSPS) is 35.2. The van der Waals surface area contributed by atoms with Crippen molar-refractivity contribution in [1.82, 2.24) is 10.8 Å². The largest absolute Gasteiger partial charge is 0.481 e. The fourth-order valence-corrected chi connectivity index (χ4v) is 8.51. The Morgan fingerprint density at radius 1 is 0.660 bits per heavy atom. The monoisotopic (exact) mass is 668 g/mol. The van der Waals surface area contributed by atoms with Crippen molar-refractivity contribution in [3.05, 3.63) is 0 Å². The number of hydrogen-bond donors (Lipinski definition) is 5. The van der Waals surface area contributed by atoms with Crippen molar-refractivity contribution >= 4 is 29.8 Å². The van der Waals surface area contributed by atoms with E-state index < -0.39 is 47.6 Å². The van der Waals surface area contributed by atoms with Crippen LogP contribution in [-0.2, 0) is 42.9 Å². The van der Waals surface area contributed by atoms with Gasteiger partial charge in [0.2, 0.25) is 5.91 Å². The first kappa shape index (κ1) is 37.0. The predicted molar refractivity (Wildman–Crippen MR) is 164 cm³/mol. The molecule has 4 aliphatic rings. The van der Waals surface area contributed by atoms with Crippen LogP contribution in [0.2, 0.25) is 0 Å². The highest BCUT2D eigenvalue weighted by atomic mass is 16.7. The number of hydroxylamine groups is 1. The average Bonchev–Trinajstić information content (AvgIpc) is 3.08. The van der Waals surface area contributed by atoms with Crippen LogP contribution in [0.1, 0.15) is 89.9 Å². The number of hydrogen-bond acceptors (Lipinski definition) is 11. The molecule has 0 aromatic rings. The van der Waals surface area contributed by atoms with Gasteiger partial charge < -0.3 is 39.7 Å². The van der Waals surface area contributed by atoms with Crippen molar-refractivity contribution in [2.75, 3.05) is 21.0 Å². The third kappa shape index (κ3) is 9.64. The van der Waals surface area contributed by atoms with E-state index in [4.69, 9.17) is 18.9 Å². The minimum atomic E-state index is -1.02. The molecule has 47 heavy (non-hydrogen) atoms. The predicted octanol–water partition coefficient (Wildman–Crippen LogP) is 2.89. The molecule has 266 valence electrons. The molecule has 0 aromatic heterocycles. The number of methoxy groups -OCH3 is 2. The Morgan fingerprint density at radius 3 is 1.68 bits per heavy atom. The lowest BCUT2D eigenvalue weighted by Crippen LogP contribution is -2.49. The average molecular weight is 669 g/mol. The van der Waals surface area contributed by atoms with E-state index in [9.17, 15) is 39.4 Å². The maximum atomic E-state index is 13.1. The molecule has 4 fully saturated rings. The highest BCUT2D eigenvalue weighted by molar-refractivity contribution is 5.86. The van der Waals surface area contributed by atoms with Crippen LogP contribution in [0.25, 0.3) is 0 Å². The Labute approximate surface area is 275 Å². The summed E-state index contributed by atoms with van der Waals surface area (Å²) in [5, 5.41) is 32.6. The maximum absolute atomic E-state index is 13.1. The van der Waals surface area contributed by atoms with Gasteiger partial charge in [-0.1, -0.05) is 0 Å². The Bertz CT molecular complexity index is 1090.